The second-order valence-corrected chi connectivity index (χ2v) is 3.79. The van der Waals surface area contributed by atoms with Crippen molar-refractivity contribution in [1.29, 1.82) is 0 Å². The van der Waals surface area contributed by atoms with Gasteiger partial charge in [-0.05, 0) is 18.6 Å². The third-order valence-corrected chi connectivity index (χ3v) is 2.49. The van der Waals surface area contributed by atoms with Crippen LogP contribution in [0.25, 0.3) is 0 Å². The van der Waals surface area contributed by atoms with Crippen LogP contribution in [0.1, 0.15) is 23.2 Å². The third kappa shape index (κ3) is 2.71. The number of nitrogens with one attached hydrogen (secondary N) is 1. The van der Waals surface area contributed by atoms with Crippen LogP contribution in [-0.2, 0) is 4.79 Å². The van der Waals surface area contributed by atoms with Gasteiger partial charge >= 0.3 is 5.97 Å². The van der Waals surface area contributed by atoms with Gasteiger partial charge in [-0.25, -0.2) is 0 Å². The highest BCUT2D eigenvalue weighted by Gasteiger charge is 2.21. The molecule has 1 amide bonds. The number of carboxylic acids is 1. The number of fused-ring (bicyclic) bond motifs is 1. The Labute approximate surface area is 104 Å². The number of hydrogen-bond acceptors (Lipinski definition) is 4. The van der Waals surface area contributed by atoms with E-state index >= 15 is 0 Å². The molecule has 6 nitrogen and oxygen atoms in total. The Morgan fingerprint density at radius 2 is 2.17 bits per heavy atom. The maximum atomic E-state index is 11.9. The molecule has 2 N–H and O–H groups in total. The van der Waals surface area contributed by atoms with Crippen LogP contribution >= 0.6 is 0 Å². The summed E-state index contributed by atoms with van der Waals surface area (Å²) in [5.74, 6) is -0.175. The molecule has 0 unspecified atom stereocenters. The molecule has 0 aromatic heterocycles. The first kappa shape index (κ1) is 12.2. The standard InChI is InChI=1S/C12H13NO5/c14-10(15)5-2-6-13-12(16)8-3-1-4-9-11(8)18-7-17-9/h1,3-4H,2,5-7H2,(H,13,16)(H,14,15). The van der Waals surface area contributed by atoms with Crippen molar-refractivity contribution in [3.05, 3.63) is 23.8 Å². The number of benzene rings is 1. The van der Waals surface area contributed by atoms with Crippen molar-refractivity contribution in [2.45, 2.75) is 12.8 Å². The van der Waals surface area contributed by atoms with Crippen LogP contribution < -0.4 is 14.8 Å². The normalized spacial score (nSPS) is 12.2. The van der Waals surface area contributed by atoms with E-state index in [1.165, 1.54) is 0 Å². The van der Waals surface area contributed by atoms with Crippen molar-refractivity contribution >= 4 is 11.9 Å². The van der Waals surface area contributed by atoms with Gasteiger partial charge in [0.05, 0.1) is 5.56 Å². The Morgan fingerprint density at radius 1 is 1.33 bits per heavy atom. The molecule has 1 aliphatic heterocycles. The van der Waals surface area contributed by atoms with Gasteiger partial charge in [0, 0.05) is 13.0 Å². The highest BCUT2D eigenvalue weighted by molar-refractivity contribution is 5.97. The minimum atomic E-state index is -0.874. The van der Waals surface area contributed by atoms with Crippen LogP contribution in [0.5, 0.6) is 11.5 Å². The van der Waals surface area contributed by atoms with Gasteiger partial charge in [-0.3, -0.25) is 9.59 Å². The number of para-hydroxylation sites is 1. The van der Waals surface area contributed by atoms with E-state index in [2.05, 4.69) is 5.32 Å². The Bertz CT molecular complexity index is 472. The summed E-state index contributed by atoms with van der Waals surface area (Å²) < 4.78 is 10.4. The zero-order valence-corrected chi connectivity index (χ0v) is 9.64. The number of rotatable bonds is 5. The molecule has 0 saturated carbocycles. The van der Waals surface area contributed by atoms with E-state index < -0.39 is 5.97 Å². The average molecular weight is 251 g/mol. The van der Waals surface area contributed by atoms with Crippen molar-refractivity contribution in [2.75, 3.05) is 13.3 Å². The van der Waals surface area contributed by atoms with Gasteiger partial charge in [0.15, 0.2) is 11.5 Å². The molecule has 0 spiro atoms. The molecular formula is C12H13NO5. The van der Waals surface area contributed by atoms with E-state index in [9.17, 15) is 9.59 Å². The van der Waals surface area contributed by atoms with Gasteiger partial charge in [-0.1, -0.05) is 6.07 Å². The maximum Gasteiger partial charge on any atom is 0.303 e. The minimum absolute atomic E-state index is 0.0345. The second kappa shape index (κ2) is 5.39. The van der Waals surface area contributed by atoms with Crippen LogP contribution in [0.4, 0.5) is 0 Å². The van der Waals surface area contributed by atoms with E-state index in [0.717, 1.165) is 0 Å². The predicted octanol–water partition coefficient (Wildman–Crippen LogP) is 1.01. The number of carbonyl (C=O) groups is 2. The van der Waals surface area contributed by atoms with Gasteiger partial charge in [0.2, 0.25) is 6.79 Å². The number of aliphatic carboxylic acids is 1. The van der Waals surface area contributed by atoms with E-state index in [-0.39, 0.29) is 19.1 Å². The van der Waals surface area contributed by atoms with E-state index in [1.54, 1.807) is 18.2 Å². The SMILES string of the molecule is O=C(O)CCCNC(=O)c1cccc2c1OCO2. The summed E-state index contributed by atoms with van der Waals surface area (Å²) in [4.78, 5) is 22.2. The van der Waals surface area contributed by atoms with Crippen LogP contribution in [0.15, 0.2) is 18.2 Å². The molecule has 1 heterocycles. The van der Waals surface area contributed by atoms with E-state index in [0.29, 0.717) is 30.0 Å². The first-order valence-electron chi connectivity index (χ1n) is 5.57. The summed E-state index contributed by atoms with van der Waals surface area (Å²) in [5, 5.41) is 11.1. The molecule has 1 aromatic rings. The fourth-order valence-electron chi connectivity index (χ4n) is 1.65. The fraction of sp³-hybridized carbons (Fsp3) is 0.333. The van der Waals surface area contributed by atoms with Crippen LogP contribution in [0, 0.1) is 0 Å². The topological polar surface area (TPSA) is 84.9 Å². The Hall–Kier alpha value is -2.24. The molecule has 0 bridgehead atoms. The van der Waals surface area contributed by atoms with Crippen LogP contribution in [-0.4, -0.2) is 30.3 Å². The lowest BCUT2D eigenvalue weighted by molar-refractivity contribution is -0.137. The van der Waals surface area contributed by atoms with Crippen LogP contribution in [0.3, 0.4) is 0 Å². The molecule has 96 valence electrons. The lowest BCUT2D eigenvalue weighted by Gasteiger charge is -2.06. The summed E-state index contributed by atoms with van der Waals surface area (Å²) >= 11 is 0. The summed E-state index contributed by atoms with van der Waals surface area (Å²) in [6.07, 6.45) is 0.431. The van der Waals surface area contributed by atoms with E-state index in [1.807, 2.05) is 0 Å². The van der Waals surface area contributed by atoms with Crippen molar-refractivity contribution in [2.24, 2.45) is 0 Å². The third-order valence-electron chi connectivity index (χ3n) is 2.49. The number of carbonyl (C=O) groups excluding carboxylic acids is 1. The van der Waals surface area contributed by atoms with E-state index in [4.69, 9.17) is 14.6 Å². The van der Waals surface area contributed by atoms with Crippen molar-refractivity contribution < 1.29 is 24.2 Å². The lowest BCUT2D eigenvalue weighted by Crippen LogP contribution is -2.25. The average Bonchev–Trinajstić information content (AvgIpc) is 2.82. The van der Waals surface area contributed by atoms with Crippen molar-refractivity contribution in [3.8, 4) is 11.5 Å². The van der Waals surface area contributed by atoms with Crippen molar-refractivity contribution in [3.63, 3.8) is 0 Å². The van der Waals surface area contributed by atoms with Crippen LogP contribution in [0.2, 0.25) is 0 Å². The minimum Gasteiger partial charge on any atom is -0.481 e. The fourth-order valence-corrected chi connectivity index (χ4v) is 1.65. The molecule has 0 atom stereocenters. The molecule has 0 aliphatic carbocycles. The first-order valence-corrected chi connectivity index (χ1v) is 5.57. The predicted molar refractivity (Wildman–Crippen MR) is 61.8 cm³/mol. The summed E-state index contributed by atoms with van der Waals surface area (Å²) in [7, 11) is 0. The van der Waals surface area contributed by atoms with Crippen molar-refractivity contribution in [1.82, 2.24) is 5.32 Å². The first-order chi connectivity index (χ1) is 8.68. The monoisotopic (exact) mass is 251 g/mol. The van der Waals surface area contributed by atoms with Gasteiger partial charge in [-0.15, -0.1) is 0 Å². The van der Waals surface area contributed by atoms with Gasteiger partial charge in [0.1, 0.15) is 0 Å². The molecule has 6 heteroatoms. The molecule has 0 fully saturated rings. The Morgan fingerprint density at radius 3 is 2.94 bits per heavy atom. The summed E-state index contributed by atoms with van der Waals surface area (Å²) in [6, 6.07) is 5.07. The summed E-state index contributed by atoms with van der Waals surface area (Å²) in [6.45, 7) is 0.425. The second-order valence-electron chi connectivity index (χ2n) is 3.79. The summed E-state index contributed by atoms with van der Waals surface area (Å²) in [5.41, 5.74) is 0.403. The molecule has 1 aliphatic rings. The van der Waals surface area contributed by atoms with Gasteiger partial charge < -0.3 is 19.9 Å². The number of amides is 1. The molecule has 2 rings (SSSR count). The Kier molecular flexibility index (Phi) is 3.66. The largest absolute Gasteiger partial charge is 0.481 e. The number of hydrogen-bond donors (Lipinski definition) is 2. The molecule has 0 saturated heterocycles. The number of carboxylic acid groups (broad SMARTS) is 1. The highest BCUT2D eigenvalue weighted by Crippen LogP contribution is 2.35. The highest BCUT2D eigenvalue weighted by atomic mass is 16.7. The molecular weight excluding hydrogens is 238 g/mol. The quantitative estimate of drug-likeness (QED) is 0.763. The zero-order valence-electron chi connectivity index (χ0n) is 9.64. The zero-order chi connectivity index (χ0) is 13.0. The molecule has 18 heavy (non-hydrogen) atoms. The molecule has 1 aromatic carbocycles. The maximum absolute atomic E-state index is 11.9. The lowest BCUT2D eigenvalue weighted by atomic mass is 10.1. The molecule has 0 radical (unpaired) electrons. The smallest absolute Gasteiger partial charge is 0.303 e. The van der Waals surface area contributed by atoms with Gasteiger partial charge in [0.25, 0.3) is 5.91 Å². The number of ether oxygens (including phenoxy) is 2. The van der Waals surface area contributed by atoms with Gasteiger partial charge in [-0.2, -0.15) is 0 Å². The Balaban J connectivity index is 1.93.